The van der Waals surface area contributed by atoms with Gasteiger partial charge in [0, 0.05) is 31.1 Å². The molecule has 0 aromatic rings. The molecule has 290 valence electrons. The molecule has 0 bridgehead atoms. The van der Waals surface area contributed by atoms with E-state index in [0.717, 1.165) is 38.5 Å². The van der Waals surface area contributed by atoms with Gasteiger partial charge >= 0.3 is 19.8 Å². The van der Waals surface area contributed by atoms with Crippen LogP contribution in [0.3, 0.4) is 0 Å². The summed E-state index contributed by atoms with van der Waals surface area (Å²) in [5.74, 6) is 0.202. The van der Waals surface area contributed by atoms with E-state index in [1.165, 1.54) is 50.3 Å². The third-order valence-electron chi connectivity index (χ3n) is 7.03. The van der Waals surface area contributed by atoms with Crippen LogP contribution in [0.2, 0.25) is 0 Å². The summed E-state index contributed by atoms with van der Waals surface area (Å²) >= 11 is 1.32. The van der Waals surface area contributed by atoms with Gasteiger partial charge < -0.3 is 55.2 Å². The molecule has 7 N–H and O–H groups in total. The summed E-state index contributed by atoms with van der Waals surface area (Å²) in [5.41, 5.74) is 6.05. The number of nitrogens with two attached hydrogens (primary N) is 1. The SMILES string of the molecule is CCCCCCCCNC(=O)OCC(CSCC(N)C(=O)NCCOCCOCCOCCP(=O)(O)O)OC(=O)NCCCCCCCC. The number of nitrogens with one attached hydrogen (secondary N) is 3. The van der Waals surface area contributed by atoms with Crippen molar-refractivity contribution in [2.75, 3.05) is 83.6 Å². The van der Waals surface area contributed by atoms with Crippen LogP contribution in [0, 0.1) is 0 Å². The predicted molar refractivity (Wildman–Crippen MR) is 192 cm³/mol. The van der Waals surface area contributed by atoms with Gasteiger partial charge in [-0.1, -0.05) is 78.1 Å². The first-order valence-corrected chi connectivity index (χ1v) is 20.8. The molecule has 0 aliphatic carbocycles. The zero-order chi connectivity index (χ0) is 36.4. The van der Waals surface area contributed by atoms with Crippen molar-refractivity contribution < 1.29 is 52.4 Å². The summed E-state index contributed by atoms with van der Waals surface area (Å²) in [6.45, 7) is 6.81. The van der Waals surface area contributed by atoms with Crippen molar-refractivity contribution in [2.45, 2.75) is 103 Å². The lowest BCUT2D eigenvalue weighted by Gasteiger charge is -2.19. The lowest BCUT2D eigenvalue weighted by molar-refractivity contribution is -0.122. The molecule has 17 heteroatoms. The van der Waals surface area contributed by atoms with Crippen molar-refractivity contribution in [3.63, 3.8) is 0 Å². The average Bonchev–Trinajstić information content (AvgIpc) is 3.06. The molecule has 15 nitrogen and oxygen atoms in total. The summed E-state index contributed by atoms with van der Waals surface area (Å²) in [6, 6.07) is -0.803. The zero-order valence-corrected chi connectivity index (χ0v) is 31.5. The number of carbonyl (C=O) groups excluding carboxylic acids is 3. The van der Waals surface area contributed by atoms with Crippen LogP contribution in [0.4, 0.5) is 9.59 Å². The second-order valence-electron chi connectivity index (χ2n) is 11.7. The number of hydrogen-bond acceptors (Lipinski definition) is 11. The lowest BCUT2D eigenvalue weighted by atomic mass is 10.1. The second kappa shape index (κ2) is 33.5. The molecule has 49 heavy (non-hydrogen) atoms. The Bertz CT molecular complexity index is 873. The smallest absolute Gasteiger partial charge is 0.407 e. The molecule has 2 atom stereocenters. The van der Waals surface area contributed by atoms with Crippen molar-refractivity contribution in [1.29, 1.82) is 0 Å². The fourth-order valence-corrected chi connectivity index (χ4v) is 5.56. The van der Waals surface area contributed by atoms with E-state index in [-0.39, 0.29) is 63.2 Å². The van der Waals surface area contributed by atoms with E-state index >= 15 is 0 Å². The Morgan fingerprint density at radius 3 is 1.76 bits per heavy atom. The Balaban J connectivity index is 4.33. The third-order valence-corrected chi connectivity index (χ3v) is 9.00. The first-order chi connectivity index (χ1) is 23.6. The van der Waals surface area contributed by atoms with Crippen LogP contribution in [0.1, 0.15) is 90.9 Å². The van der Waals surface area contributed by atoms with Gasteiger partial charge in [0.15, 0.2) is 0 Å². The highest BCUT2D eigenvalue weighted by atomic mass is 32.2. The number of unbranched alkanes of at least 4 members (excludes halogenated alkanes) is 10. The summed E-state index contributed by atoms with van der Waals surface area (Å²) in [7, 11) is -4.05. The minimum atomic E-state index is -4.05. The highest BCUT2D eigenvalue weighted by Crippen LogP contribution is 2.33. The first-order valence-electron chi connectivity index (χ1n) is 17.8. The van der Waals surface area contributed by atoms with Crippen molar-refractivity contribution in [2.24, 2.45) is 5.73 Å². The van der Waals surface area contributed by atoms with Crippen LogP contribution >= 0.6 is 19.4 Å². The van der Waals surface area contributed by atoms with Gasteiger partial charge in [-0.15, -0.1) is 0 Å². The monoisotopic (exact) mass is 744 g/mol. The van der Waals surface area contributed by atoms with Gasteiger partial charge in [-0.05, 0) is 12.8 Å². The summed E-state index contributed by atoms with van der Waals surface area (Å²) in [4.78, 5) is 54.6. The number of alkyl carbamates (subject to hydrolysis) is 2. The van der Waals surface area contributed by atoms with Gasteiger partial charge in [-0.3, -0.25) is 9.36 Å². The van der Waals surface area contributed by atoms with Gasteiger partial charge in [-0.25, -0.2) is 9.59 Å². The topological polar surface area (TPSA) is 217 Å². The van der Waals surface area contributed by atoms with Crippen LogP contribution in [-0.4, -0.2) is 124 Å². The Labute approximate surface area is 297 Å². The van der Waals surface area contributed by atoms with E-state index < -0.39 is 31.9 Å². The largest absolute Gasteiger partial charge is 0.446 e. The molecule has 0 aromatic carbocycles. The van der Waals surface area contributed by atoms with Gasteiger partial charge in [0.05, 0.1) is 51.8 Å². The van der Waals surface area contributed by atoms with Crippen LogP contribution in [0.5, 0.6) is 0 Å². The number of amides is 3. The molecule has 0 radical (unpaired) electrons. The van der Waals surface area contributed by atoms with Crippen molar-refractivity contribution >= 4 is 37.5 Å². The number of thioether (sulfide) groups is 1. The summed E-state index contributed by atoms with van der Waals surface area (Å²) in [5, 5.41) is 8.23. The molecule has 0 heterocycles. The minimum Gasteiger partial charge on any atom is -0.446 e. The molecule has 0 saturated heterocycles. The molecule has 0 aliphatic rings. The molecular formula is C32H65N4O11PS. The highest BCUT2D eigenvalue weighted by molar-refractivity contribution is 7.99. The molecule has 2 unspecified atom stereocenters. The van der Waals surface area contributed by atoms with Crippen LogP contribution in [0.25, 0.3) is 0 Å². The Morgan fingerprint density at radius 1 is 0.673 bits per heavy atom. The van der Waals surface area contributed by atoms with Crippen molar-refractivity contribution in [3.8, 4) is 0 Å². The van der Waals surface area contributed by atoms with Crippen molar-refractivity contribution in [1.82, 2.24) is 16.0 Å². The predicted octanol–water partition coefficient (Wildman–Crippen LogP) is 3.93. The van der Waals surface area contributed by atoms with Crippen molar-refractivity contribution in [3.05, 3.63) is 0 Å². The van der Waals surface area contributed by atoms with E-state index in [4.69, 9.17) is 39.2 Å². The summed E-state index contributed by atoms with van der Waals surface area (Å²) < 4.78 is 37.4. The number of ether oxygens (including phenoxy) is 5. The number of rotatable bonds is 34. The number of carbonyl (C=O) groups is 3. The lowest BCUT2D eigenvalue weighted by Crippen LogP contribution is -2.43. The summed E-state index contributed by atoms with van der Waals surface area (Å²) in [6.07, 6.45) is 11.1. The van der Waals surface area contributed by atoms with Crippen LogP contribution < -0.4 is 21.7 Å². The number of hydrogen-bond donors (Lipinski definition) is 6. The van der Waals surface area contributed by atoms with Gasteiger partial charge in [0.1, 0.15) is 12.7 Å². The molecule has 0 spiro atoms. The van der Waals surface area contributed by atoms with Gasteiger partial charge in [-0.2, -0.15) is 11.8 Å². The van der Waals surface area contributed by atoms with E-state index in [9.17, 15) is 18.9 Å². The van der Waals surface area contributed by atoms with Crippen LogP contribution in [-0.2, 0) is 33.0 Å². The van der Waals surface area contributed by atoms with E-state index in [2.05, 4.69) is 29.8 Å². The minimum absolute atomic E-state index is 0.0398. The molecule has 0 saturated carbocycles. The molecule has 0 rings (SSSR count). The highest BCUT2D eigenvalue weighted by Gasteiger charge is 2.20. The maximum atomic E-state index is 12.4. The third kappa shape index (κ3) is 34.6. The van der Waals surface area contributed by atoms with Gasteiger partial charge in [0.25, 0.3) is 0 Å². The molecule has 0 aromatic heterocycles. The molecule has 0 fully saturated rings. The molecule has 3 amide bonds. The standard InChI is InChI=1S/C32H65N4O11PS/c1-3-5-7-9-11-13-15-35-31(38)46-25-28(47-32(39)36-16-14-12-10-8-6-4-2)26-49-27-29(33)30(37)34-17-18-43-19-20-44-21-22-45-23-24-48(40,41)42/h28-29H,3-27,33H2,1-2H3,(H,34,37)(H,35,38)(H,36,39)(H2,40,41,42). The van der Waals surface area contributed by atoms with E-state index in [0.29, 0.717) is 26.3 Å². The normalized spacial score (nSPS) is 12.7. The van der Waals surface area contributed by atoms with E-state index in [1.54, 1.807) is 0 Å². The van der Waals surface area contributed by atoms with E-state index in [1.807, 2.05) is 0 Å². The van der Waals surface area contributed by atoms with Crippen LogP contribution in [0.15, 0.2) is 0 Å². The Kier molecular flexibility index (Phi) is 32.4. The van der Waals surface area contributed by atoms with Gasteiger partial charge in [0.2, 0.25) is 5.91 Å². The average molecular weight is 745 g/mol. The zero-order valence-electron chi connectivity index (χ0n) is 29.8. The maximum absolute atomic E-state index is 12.4. The fraction of sp³-hybridized carbons (Fsp3) is 0.906. The first kappa shape index (κ1) is 47.4. The second-order valence-corrected chi connectivity index (χ2v) is 14.5. The Morgan fingerprint density at radius 2 is 1.18 bits per heavy atom. The molecular weight excluding hydrogens is 679 g/mol. The fourth-order valence-electron chi connectivity index (χ4n) is 4.23. The quantitative estimate of drug-likeness (QED) is 0.0407. The molecule has 0 aliphatic heterocycles. The Hall–Kier alpha value is -1.65. The maximum Gasteiger partial charge on any atom is 0.407 e.